The highest BCUT2D eigenvalue weighted by Crippen LogP contribution is 2.24. The van der Waals surface area contributed by atoms with Crippen LogP contribution in [0.3, 0.4) is 0 Å². The van der Waals surface area contributed by atoms with Crippen molar-refractivity contribution in [3.63, 3.8) is 0 Å². The number of carbonyl (C=O) groups excluding carboxylic acids is 1. The predicted octanol–water partition coefficient (Wildman–Crippen LogP) is 4.09. The summed E-state index contributed by atoms with van der Waals surface area (Å²) in [5.41, 5.74) is 2.05. The van der Waals surface area contributed by atoms with Crippen LogP contribution in [0.2, 0.25) is 10.0 Å². The van der Waals surface area contributed by atoms with Gasteiger partial charge in [-0.25, -0.2) is 4.98 Å². The molecule has 27 heavy (non-hydrogen) atoms. The molecule has 0 saturated carbocycles. The van der Waals surface area contributed by atoms with Crippen LogP contribution in [0.25, 0.3) is 0 Å². The molecule has 1 aliphatic rings. The van der Waals surface area contributed by atoms with Gasteiger partial charge >= 0.3 is 0 Å². The minimum Gasteiger partial charge on any atom is -0.368 e. The SMILES string of the molecule is Cl.O=C(CSCc1ccc(Cl)cc1Cl)Nc1ccc(N2CCNCC2)cn1. The van der Waals surface area contributed by atoms with Crippen molar-refractivity contribution in [2.45, 2.75) is 5.75 Å². The van der Waals surface area contributed by atoms with Crippen LogP contribution in [-0.4, -0.2) is 42.8 Å². The van der Waals surface area contributed by atoms with E-state index in [-0.39, 0.29) is 18.3 Å². The summed E-state index contributed by atoms with van der Waals surface area (Å²) in [6, 6.07) is 9.23. The Morgan fingerprint density at radius 2 is 2.00 bits per heavy atom. The van der Waals surface area contributed by atoms with Gasteiger partial charge in [0.25, 0.3) is 0 Å². The van der Waals surface area contributed by atoms with Crippen molar-refractivity contribution in [1.29, 1.82) is 0 Å². The van der Waals surface area contributed by atoms with Crippen LogP contribution in [0.15, 0.2) is 36.5 Å². The predicted molar refractivity (Wildman–Crippen MR) is 118 cm³/mol. The summed E-state index contributed by atoms with van der Waals surface area (Å²) in [5.74, 6) is 1.47. The third-order valence-electron chi connectivity index (χ3n) is 4.00. The molecule has 0 spiro atoms. The maximum atomic E-state index is 12.1. The first-order chi connectivity index (χ1) is 12.6. The largest absolute Gasteiger partial charge is 0.368 e. The quantitative estimate of drug-likeness (QED) is 0.698. The number of carbonyl (C=O) groups is 1. The molecule has 2 heterocycles. The molecule has 1 amide bonds. The van der Waals surface area contributed by atoms with Gasteiger partial charge in [0.2, 0.25) is 5.91 Å². The highest BCUT2D eigenvalue weighted by Gasteiger charge is 2.11. The van der Waals surface area contributed by atoms with Gasteiger partial charge in [-0.3, -0.25) is 4.79 Å². The van der Waals surface area contributed by atoms with Gasteiger partial charge in [-0.1, -0.05) is 29.3 Å². The molecule has 1 aliphatic heterocycles. The van der Waals surface area contributed by atoms with Crippen LogP contribution in [0.4, 0.5) is 11.5 Å². The molecule has 0 atom stereocenters. The molecule has 0 aliphatic carbocycles. The Bertz CT molecular complexity index is 755. The van der Waals surface area contributed by atoms with Crippen LogP contribution in [-0.2, 0) is 10.5 Å². The van der Waals surface area contributed by atoms with Gasteiger partial charge < -0.3 is 15.5 Å². The molecule has 0 radical (unpaired) electrons. The summed E-state index contributed by atoms with van der Waals surface area (Å²) in [4.78, 5) is 18.7. The Balaban J connectivity index is 0.00000261. The second-order valence-corrected chi connectivity index (χ2v) is 7.74. The lowest BCUT2D eigenvalue weighted by Crippen LogP contribution is -2.43. The van der Waals surface area contributed by atoms with Gasteiger partial charge in [-0.2, -0.15) is 0 Å². The normalized spacial score (nSPS) is 13.8. The number of benzene rings is 1. The van der Waals surface area contributed by atoms with Crippen molar-refractivity contribution >= 4 is 64.8 Å². The number of aromatic nitrogens is 1. The van der Waals surface area contributed by atoms with Gasteiger partial charge in [0.05, 0.1) is 17.6 Å². The molecule has 1 fully saturated rings. The molecule has 2 N–H and O–H groups in total. The zero-order valence-electron chi connectivity index (χ0n) is 14.6. The smallest absolute Gasteiger partial charge is 0.235 e. The first kappa shape index (κ1) is 22.1. The topological polar surface area (TPSA) is 57.3 Å². The van der Waals surface area contributed by atoms with E-state index in [4.69, 9.17) is 23.2 Å². The number of halogens is 3. The first-order valence-corrected chi connectivity index (χ1v) is 10.3. The molecular formula is C18H21Cl3N4OS. The average Bonchev–Trinajstić information content (AvgIpc) is 2.65. The Labute approximate surface area is 179 Å². The van der Waals surface area contributed by atoms with Gasteiger partial charge in [0.15, 0.2) is 0 Å². The van der Waals surface area contributed by atoms with E-state index in [2.05, 4.69) is 20.5 Å². The molecule has 0 unspecified atom stereocenters. The molecule has 2 aromatic rings. The van der Waals surface area contributed by atoms with Crippen LogP contribution >= 0.6 is 47.4 Å². The van der Waals surface area contributed by atoms with Crippen LogP contribution in [0, 0.1) is 0 Å². The Hall–Kier alpha value is -1.18. The van der Waals surface area contributed by atoms with Crippen molar-refractivity contribution in [3.8, 4) is 0 Å². The number of nitrogens with zero attached hydrogens (tertiary/aromatic N) is 2. The number of thioether (sulfide) groups is 1. The van der Waals surface area contributed by atoms with Crippen molar-refractivity contribution < 1.29 is 4.79 Å². The number of rotatable bonds is 6. The van der Waals surface area contributed by atoms with Crippen LogP contribution < -0.4 is 15.5 Å². The fraction of sp³-hybridized carbons (Fsp3) is 0.333. The molecule has 5 nitrogen and oxygen atoms in total. The molecular weight excluding hydrogens is 427 g/mol. The number of amides is 1. The highest BCUT2D eigenvalue weighted by atomic mass is 35.5. The van der Waals surface area contributed by atoms with E-state index >= 15 is 0 Å². The van der Waals surface area contributed by atoms with Gasteiger partial charge in [-0.05, 0) is 29.8 Å². The molecule has 1 saturated heterocycles. The number of nitrogens with one attached hydrogen (secondary N) is 2. The second-order valence-electron chi connectivity index (χ2n) is 5.92. The third kappa shape index (κ3) is 6.73. The number of anilines is 2. The zero-order valence-corrected chi connectivity index (χ0v) is 17.7. The zero-order chi connectivity index (χ0) is 18.4. The minimum atomic E-state index is -0.0810. The van der Waals surface area contributed by atoms with E-state index in [1.165, 1.54) is 11.8 Å². The van der Waals surface area contributed by atoms with Crippen molar-refractivity contribution in [3.05, 3.63) is 52.1 Å². The lowest BCUT2D eigenvalue weighted by Gasteiger charge is -2.29. The minimum absolute atomic E-state index is 0. The van der Waals surface area contributed by atoms with Gasteiger partial charge in [0.1, 0.15) is 5.82 Å². The lowest BCUT2D eigenvalue weighted by molar-refractivity contribution is -0.113. The van der Waals surface area contributed by atoms with Crippen molar-refractivity contribution in [2.24, 2.45) is 0 Å². The summed E-state index contributed by atoms with van der Waals surface area (Å²) in [7, 11) is 0. The first-order valence-electron chi connectivity index (χ1n) is 8.35. The Morgan fingerprint density at radius 1 is 1.22 bits per heavy atom. The van der Waals surface area contributed by atoms with E-state index in [1.54, 1.807) is 12.1 Å². The van der Waals surface area contributed by atoms with Gasteiger partial charge in [0, 0.05) is 42.0 Å². The summed E-state index contributed by atoms with van der Waals surface area (Å²) < 4.78 is 0. The number of hydrogen-bond acceptors (Lipinski definition) is 5. The summed E-state index contributed by atoms with van der Waals surface area (Å²) >= 11 is 13.5. The molecule has 1 aromatic heterocycles. The lowest BCUT2D eigenvalue weighted by atomic mass is 10.2. The van der Waals surface area contributed by atoms with Crippen molar-refractivity contribution in [1.82, 2.24) is 10.3 Å². The fourth-order valence-corrected chi connectivity index (χ4v) is 4.03. The monoisotopic (exact) mass is 446 g/mol. The number of pyridine rings is 1. The molecule has 9 heteroatoms. The van der Waals surface area contributed by atoms with Gasteiger partial charge in [-0.15, -0.1) is 24.2 Å². The van der Waals surface area contributed by atoms with Crippen LogP contribution in [0.5, 0.6) is 0 Å². The summed E-state index contributed by atoms with van der Waals surface area (Å²) in [5, 5.41) is 7.38. The maximum Gasteiger partial charge on any atom is 0.235 e. The third-order valence-corrected chi connectivity index (χ3v) is 5.57. The van der Waals surface area contributed by atoms with Crippen LogP contribution in [0.1, 0.15) is 5.56 Å². The number of hydrogen-bond donors (Lipinski definition) is 2. The highest BCUT2D eigenvalue weighted by molar-refractivity contribution is 7.99. The maximum absolute atomic E-state index is 12.1. The molecule has 146 valence electrons. The molecule has 0 bridgehead atoms. The summed E-state index contributed by atoms with van der Waals surface area (Å²) in [6.45, 7) is 3.90. The molecule has 1 aromatic carbocycles. The van der Waals surface area contributed by atoms with E-state index in [0.717, 1.165) is 37.4 Å². The Morgan fingerprint density at radius 3 is 2.67 bits per heavy atom. The molecule has 3 rings (SSSR count). The number of piperazine rings is 1. The second kappa shape index (κ2) is 11.0. The average molecular weight is 448 g/mol. The van der Waals surface area contributed by atoms with E-state index < -0.39 is 0 Å². The standard InChI is InChI=1S/C18H20Cl2N4OS.ClH/c19-14-2-1-13(16(20)9-14)11-26-12-18(25)23-17-4-3-15(10-22-17)24-7-5-21-6-8-24;/h1-4,9-10,21H,5-8,11-12H2,(H,22,23,25);1H. The Kier molecular flexibility index (Phi) is 8.99. The van der Waals surface area contributed by atoms with E-state index in [0.29, 0.717) is 27.4 Å². The summed E-state index contributed by atoms with van der Waals surface area (Å²) in [6.07, 6.45) is 1.81. The van der Waals surface area contributed by atoms with E-state index in [9.17, 15) is 4.79 Å². The van der Waals surface area contributed by atoms with Crippen molar-refractivity contribution in [2.75, 3.05) is 42.1 Å². The van der Waals surface area contributed by atoms with E-state index in [1.807, 2.05) is 24.4 Å². The fourth-order valence-electron chi connectivity index (χ4n) is 2.64.